The van der Waals surface area contributed by atoms with Gasteiger partial charge in [0.1, 0.15) is 11.6 Å². The lowest BCUT2D eigenvalue weighted by Gasteiger charge is -2.36. The normalized spacial score (nSPS) is 15.9. The molecule has 1 saturated carbocycles. The predicted molar refractivity (Wildman–Crippen MR) is 110 cm³/mol. The van der Waals surface area contributed by atoms with Crippen LogP contribution in [0.4, 0.5) is 10.1 Å². The zero-order valence-electron chi connectivity index (χ0n) is 16.0. The molecule has 0 unspecified atom stereocenters. The zero-order chi connectivity index (χ0) is 19.6. The monoisotopic (exact) mass is 377 g/mol. The molecule has 0 aromatic heterocycles. The van der Waals surface area contributed by atoms with Gasteiger partial charge in [-0.3, -0.25) is 4.79 Å². The number of anilines is 1. The summed E-state index contributed by atoms with van der Waals surface area (Å²) >= 11 is 0. The highest BCUT2D eigenvalue weighted by atomic mass is 19.1. The van der Waals surface area contributed by atoms with E-state index in [-0.39, 0.29) is 11.7 Å². The second-order valence-electron chi connectivity index (χ2n) is 7.44. The fourth-order valence-electron chi connectivity index (χ4n) is 4.42. The quantitative estimate of drug-likeness (QED) is 0.621. The lowest BCUT2D eigenvalue weighted by Crippen LogP contribution is -2.42. The van der Waals surface area contributed by atoms with Crippen LogP contribution in [0.1, 0.15) is 37.7 Å². The van der Waals surface area contributed by atoms with Crippen molar-refractivity contribution in [2.24, 2.45) is 0 Å². The van der Waals surface area contributed by atoms with Gasteiger partial charge < -0.3 is 10.1 Å². The first kappa shape index (κ1) is 18.5. The molecule has 1 fully saturated rings. The van der Waals surface area contributed by atoms with E-state index in [0.717, 1.165) is 41.5 Å². The summed E-state index contributed by atoms with van der Waals surface area (Å²) in [4.78, 5) is 13.5. The third-order valence-corrected chi connectivity index (χ3v) is 5.88. The average molecular weight is 377 g/mol. The average Bonchev–Trinajstić information content (AvgIpc) is 2.74. The van der Waals surface area contributed by atoms with Gasteiger partial charge in [-0.05, 0) is 31.0 Å². The van der Waals surface area contributed by atoms with Crippen LogP contribution in [-0.4, -0.2) is 13.0 Å². The van der Waals surface area contributed by atoms with Gasteiger partial charge in [0.2, 0.25) is 5.91 Å². The molecule has 1 aliphatic carbocycles. The number of carbonyl (C=O) groups excluding carboxylic acids is 1. The van der Waals surface area contributed by atoms with Gasteiger partial charge in [-0.15, -0.1) is 0 Å². The molecule has 3 nitrogen and oxygen atoms in total. The number of hydrogen-bond donors (Lipinski definition) is 1. The van der Waals surface area contributed by atoms with E-state index in [4.69, 9.17) is 4.74 Å². The van der Waals surface area contributed by atoms with Crippen LogP contribution in [0, 0.1) is 5.82 Å². The van der Waals surface area contributed by atoms with Crippen molar-refractivity contribution in [3.8, 4) is 5.75 Å². The Hall–Kier alpha value is -2.88. The van der Waals surface area contributed by atoms with Crippen LogP contribution < -0.4 is 10.1 Å². The fraction of sp³-hybridized carbons (Fsp3) is 0.292. The van der Waals surface area contributed by atoms with Crippen molar-refractivity contribution in [3.05, 3.63) is 72.0 Å². The molecule has 28 heavy (non-hydrogen) atoms. The van der Waals surface area contributed by atoms with Crippen molar-refractivity contribution in [2.45, 2.75) is 37.5 Å². The number of carbonyl (C=O) groups is 1. The molecule has 0 bridgehead atoms. The number of nitrogens with one attached hydrogen (secondary N) is 1. The lowest BCUT2D eigenvalue weighted by molar-refractivity contribution is -0.122. The van der Waals surface area contributed by atoms with Gasteiger partial charge in [0.15, 0.2) is 0 Å². The lowest BCUT2D eigenvalue weighted by atomic mass is 9.68. The molecule has 0 radical (unpaired) electrons. The number of methoxy groups -OCH3 is 1. The van der Waals surface area contributed by atoms with E-state index in [1.807, 2.05) is 42.5 Å². The Kier molecular flexibility index (Phi) is 5.03. The van der Waals surface area contributed by atoms with E-state index in [0.29, 0.717) is 18.4 Å². The predicted octanol–water partition coefficient (Wildman–Crippen LogP) is 5.83. The van der Waals surface area contributed by atoms with Crippen molar-refractivity contribution in [1.29, 1.82) is 0 Å². The molecule has 4 rings (SSSR count). The molecular weight excluding hydrogens is 353 g/mol. The molecule has 1 N–H and O–H groups in total. The molecule has 0 atom stereocenters. The summed E-state index contributed by atoms with van der Waals surface area (Å²) in [5.41, 5.74) is 0.401. The third-order valence-electron chi connectivity index (χ3n) is 5.88. The van der Waals surface area contributed by atoms with Crippen LogP contribution in [0.5, 0.6) is 5.75 Å². The van der Waals surface area contributed by atoms with Crippen LogP contribution in [0.3, 0.4) is 0 Å². The number of benzene rings is 3. The molecule has 0 aliphatic heterocycles. The highest BCUT2D eigenvalue weighted by Crippen LogP contribution is 2.42. The number of hydrogen-bond acceptors (Lipinski definition) is 2. The zero-order valence-corrected chi connectivity index (χ0v) is 16.0. The highest BCUT2D eigenvalue weighted by molar-refractivity contribution is 6.07. The topological polar surface area (TPSA) is 38.3 Å². The summed E-state index contributed by atoms with van der Waals surface area (Å²) in [5.74, 6) is 0.321. The summed E-state index contributed by atoms with van der Waals surface area (Å²) in [5, 5.41) is 4.96. The Bertz CT molecular complexity index is 1010. The second kappa shape index (κ2) is 7.63. The maximum Gasteiger partial charge on any atom is 0.235 e. The minimum Gasteiger partial charge on any atom is -0.496 e. The van der Waals surface area contributed by atoms with Crippen molar-refractivity contribution in [3.63, 3.8) is 0 Å². The Balaban J connectivity index is 1.76. The maximum atomic E-state index is 14.7. The van der Waals surface area contributed by atoms with Crippen molar-refractivity contribution < 1.29 is 13.9 Å². The van der Waals surface area contributed by atoms with E-state index in [1.165, 1.54) is 6.07 Å². The van der Waals surface area contributed by atoms with E-state index < -0.39 is 5.41 Å². The Morgan fingerprint density at radius 3 is 2.32 bits per heavy atom. The SMILES string of the molecule is COc1ccc(NC(=O)C2(c3ccccc3F)CCCCC2)c2ccccc12. The smallest absolute Gasteiger partial charge is 0.235 e. The van der Waals surface area contributed by atoms with Crippen LogP contribution in [-0.2, 0) is 10.2 Å². The van der Waals surface area contributed by atoms with Crippen LogP contribution in [0.25, 0.3) is 10.8 Å². The van der Waals surface area contributed by atoms with Crippen molar-refractivity contribution in [2.75, 3.05) is 12.4 Å². The second-order valence-corrected chi connectivity index (χ2v) is 7.44. The van der Waals surface area contributed by atoms with Crippen molar-refractivity contribution >= 4 is 22.4 Å². The van der Waals surface area contributed by atoms with E-state index >= 15 is 0 Å². The molecule has 1 aliphatic rings. The standard InChI is InChI=1S/C24H24FNO2/c1-28-22-14-13-21(17-9-3-4-10-18(17)22)26-23(27)24(15-7-2-8-16-24)19-11-5-6-12-20(19)25/h3-6,9-14H,2,7-8,15-16H2,1H3,(H,26,27). The molecule has 3 aromatic carbocycles. The largest absolute Gasteiger partial charge is 0.496 e. The van der Waals surface area contributed by atoms with Gasteiger partial charge in [-0.25, -0.2) is 4.39 Å². The van der Waals surface area contributed by atoms with E-state index in [1.54, 1.807) is 19.2 Å². The first-order valence-electron chi connectivity index (χ1n) is 9.78. The van der Waals surface area contributed by atoms with E-state index in [2.05, 4.69) is 5.32 Å². The maximum absolute atomic E-state index is 14.7. The Labute approximate surface area is 164 Å². The Morgan fingerprint density at radius 2 is 1.61 bits per heavy atom. The molecule has 0 spiro atoms. The minimum atomic E-state index is -0.829. The fourth-order valence-corrected chi connectivity index (χ4v) is 4.42. The summed E-state index contributed by atoms with van der Waals surface area (Å²) in [6.07, 6.45) is 4.24. The third kappa shape index (κ3) is 3.13. The first-order valence-corrected chi connectivity index (χ1v) is 9.78. The highest BCUT2D eigenvalue weighted by Gasteiger charge is 2.43. The first-order chi connectivity index (χ1) is 13.7. The molecular formula is C24H24FNO2. The number of halogens is 1. The molecule has 3 aromatic rings. The number of rotatable bonds is 4. The van der Waals surface area contributed by atoms with E-state index in [9.17, 15) is 9.18 Å². The van der Waals surface area contributed by atoms with Crippen LogP contribution in [0.15, 0.2) is 60.7 Å². The van der Waals surface area contributed by atoms with Gasteiger partial charge in [-0.2, -0.15) is 0 Å². The van der Waals surface area contributed by atoms with Gasteiger partial charge in [0.05, 0.1) is 12.5 Å². The molecule has 0 saturated heterocycles. The number of fused-ring (bicyclic) bond motifs is 1. The number of amides is 1. The summed E-state index contributed by atoms with van der Waals surface area (Å²) in [6, 6.07) is 18.2. The molecule has 0 heterocycles. The van der Waals surface area contributed by atoms with Gasteiger partial charge in [0.25, 0.3) is 0 Å². The van der Waals surface area contributed by atoms with Crippen LogP contribution in [0.2, 0.25) is 0 Å². The van der Waals surface area contributed by atoms with Gasteiger partial charge >= 0.3 is 0 Å². The van der Waals surface area contributed by atoms with Crippen molar-refractivity contribution in [1.82, 2.24) is 0 Å². The molecule has 4 heteroatoms. The Morgan fingerprint density at radius 1 is 0.929 bits per heavy atom. The minimum absolute atomic E-state index is 0.132. The molecule has 1 amide bonds. The summed E-state index contributed by atoms with van der Waals surface area (Å²) in [7, 11) is 1.63. The van der Waals surface area contributed by atoms with Crippen LogP contribution >= 0.6 is 0 Å². The number of ether oxygens (including phenoxy) is 1. The van der Waals surface area contributed by atoms with Gasteiger partial charge in [-0.1, -0.05) is 61.7 Å². The summed E-state index contributed by atoms with van der Waals surface area (Å²) in [6.45, 7) is 0. The molecule has 144 valence electrons. The summed E-state index contributed by atoms with van der Waals surface area (Å²) < 4.78 is 20.1. The van der Waals surface area contributed by atoms with Gasteiger partial charge in [0, 0.05) is 22.0 Å².